The van der Waals surface area contributed by atoms with Crippen molar-refractivity contribution < 1.29 is 9.84 Å². The number of aliphatic hydroxyl groups excluding tert-OH is 1. The van der Waals surface area contributed by atoms with E-state index in [2.05, 4.69) is 28.5 Å². The van der Waals surface area contributed by atoms with E-state index in [-0.39, 0.29) is 6.04 Å². The van der Waals surface area contributed by atoms with Crippen LogP contribution in [-0.4, -0.2) is 24.1 Å². The van der Waals surface area contributed by atoms with Gasteiger partial charge in [-0.25, -0.2) is 0 Å². The number of methoxy groups -OCH3 is 1. The number of rotatable bonds is 3. The Hall–Kier alpha value is -2.14. The maximum absolute atomic E-state index is 10.3. The Morgan fingerprint density at radius 2 is 2.11 bits per heavy atom. The molecule has 0 fully saturated rings. The first-order valence-electron chi connectivity index (χ1n) is 10.2. The van der Waals surface area contributed by atoms with Gasteiger partial charge in [-0.3, -0.25) is 0 Å². The minimum atomic E-state index is 0.0460. The summed E-state index contributed by atoms with van der Waals surface area (Å²) < 4.78 is 5.50. The second-order valence-corrected chi connectivity index (χ2v) is 9.09. The molecule has 2 heterocycles. The minimum Gasteiger partial charge on any atom is -0.508 e. The van der Waals surface area contributed by atoms with Gasteiger partial charge in [0.05, 0.1) is 13.2 Å². The van der Waals surface area contributed by atoms with E-state index < -0.39 is 0 Å². The van der Waals surface area contributed by atoms with Crippen LogP contribution in [0.4, 0.5) is 0 Å². The van der Waals surface area contributed by atoms with Gasteiger partial charge in [-0.1, -0.05) is 35.6 Å². The first kappa shape index (κ1) is 17.9. The summed E-state index contributed by atoms with van der Waals surface area (Å²) in [5.74, 6) is 2.22. The lowest BCUT2D eigenvalue weighted by molar-refractivity contribution is 0.283. The van der Waals surface area contributed by atoms with Gasteiger partial charge in [0, 0.05) is 17.6 Å². The van der Waals surface area contributed by atoms with E-state index in [9.17, 15) is 5.11 Å². The molecule has 2 N–H and O–H groups in total. The highest BCUT2D eigenvalue weighted by Gasteiger charge is 2.35. The molecule has 0 radical (unpaired) electrons. The molecule has 5 heteroatoms. The van der Waals surface area contributed by atoms with E-state index in [1.54, 1.807) is 23.7 Å². The van der Waals surface area contributed by atoms with Crippen molar-refractivity contribution in [2.45, 2.75) is 51.0 Å². The molecule has 2 atom stereocenters. The van der Waals surface area contributed by atoms with Crippen molar-refractivity contribution in [3.63, 3.8) is 0 Å². The lowest BCUT2D eigenvalue weighted by Gasteiger charge is -2.30. The van der Waals surface area contributed by atoms with Crippen molar-refractivity contribution in [1.29, 1.82) is 0 Å². The number of nitrogens with zero attached hydrogens (tertiary/aromatic N) is 1. The van der Waals surface area contributed by atoms with Crippen molar-refractivity contribution in [2.24, 2.45) is 10.9 Å². The predicted molar refractivity (Wildman–Crippen MR) is 115 cm³/mol. The van der Waals surface area contributed by atoms with Gasteiger partial charge in [-0.15, -0.1) is 0 Å². The fraction of sp³-hybridized carbons (Fsp3) is 0.435. The Morgan fingerprint density at radius 1 is 1.21 bits per heavy atom. The van der Waals surface area contributed by atoms with E-state index in [1.807, 2.05) is 17.8 Å². The maximum atomic E-state index is 10.3. The van der Waals surface area contributed by atoms with Gasteiger partial charge in [0.15, 0.2) is 0 Å². The molecular weight excluding hydrogens is 368 g/mol. The van der Waals surface area contributed by atoms with Crippen LogP contribution in [0.25, 0.3) is 0 Å². The van der Waals surface area contributed by atoms with E-state index in [0.29, 0.717) is 17.6 Å². The number of hydrogen-bond donors (Lipinski definition) is 2. The monoisotopic (exact) mass is 394 g/mol. The molecule has 3 aliphatic carbocycles. The van der Waals surface area contributed by atoms with Gasteiger partial charge in [0.1, 0.15) is 11.6 Å². The molecule has 0 saturated carbocycles. The third-order valence-electron chi connectivity index (χ3n) is 6.23. The molecule has 0 spiro atoms. The molecule has 28 heavy (non-hydrogen) atoms. The normalized spacial score (nSPS) is 29.3. The van der Waals surface area contributed by atoms with Crippen molar-refractivity contribution in [3.05, 3.63) is 68.6 Å². The smallest absolute Gasteiger partial charge is 0.213 e. The molecular formula is C23H26N2O2S. The number of thioether (sulfide) groups is 1. The number of allylic oxidation sites excluding steroid dienone is 7. The number of amidine groups is 1. The van der Waals surface area contributed by atoms with Crippen LogP contribution in [0, 0.1) is 5.92 Å². The fourth-order valence-corrected chi connectivity index (χ4v) is 6.15. The number of nitrogens with one attached hydrogen (secondary N) is 1. The summed E-state index contributed by atoms with van der Waals surface area (Å²) in [6.07, 6.45) is 18.4. The quantitative estimate of drug-likeness (QED) is 0.672. The Labute approximate surface area is 170 Å². The molecule has 5 rings (SSSR count). The number of fused-ring (bicyclic) bond motifs is 2. The Balaban J connectivity index is 1.41. The summed E-state index contributed by atoms with van der Waals surface area (Å²) in [6, 6.07) is 0.0460. The second kappa shape index (κ2) is 7.36. The van der Waals surface area contributed by atoms with Crippen LogP contribution in [0.5, 0.6) is 0 Å². The van der Waals surface area contributed by atoms with Crippen molar-refractivity contribution in [1.82, 2.24) is 5.32 Å². The Morgan fingerprint density at radius 3 is 2.96 bits per heavy atom. The van der Waals surface area contributed by atoms with Gasteiger partial charge in [-0.2, -0.15) is 4.99 Å². The van der Waals surface area contributed by atoms with Crippen LogP contribution in [0.3, 0.4) is 0 Å². The number of aliphatic imine (C=N–C) groups is 1. The van der Waals surface area contributed by atoms with Crippen LogP contribution in [-0.2, 0) is 4.74 Å². The summed E-state index contributed by atoms with van der Waals surface area (Å²) >= 11 is 2.02. The zero-order chi connectivity index (χ0) is 19.1. The zero-order valence-electron chi connectivity index (χ0n) is 16.2. The molecule has 0 bridgehead atoms. The molecule has 0 aromatic rings. The van der Waals surface area contributed by atoms with Crippen LogP contribution < -0.4 is 5.32 Å². The van der Waals surface area contributed by atoms with Crippen molar-refractivity contribution in [3.8, 4) is 0 Å². The van der Waals surface area contributed by atoms with Crippen molar-refractivity contribution >= 4 is 17.6 Å². The molecule has 0 aromatic heterocycles. The van der Waals surface area contributed by atoms with E-state index in [0.717, 1.165) is 30.7 Å². The molecule has 4 nitrogen and oxygen atoms in total. The third-order valence-corrected chi connectivity index (χ3v) is 7.60. The highest BCUT2D eigenvalue weighted by molar-refractivity contribution is 8.07. The lowest BCUT2D eigenvalue weighted by Crippen LogP contribution is -2.40. The van der Waals surface area contributed by atoms with E-state index >= 15 is 0 Å². The summed E-state index contributed by atoms with van der Waals surface area (Å²) in [6.45, 7) is 0. The average molecular weight is 395 g/mol. The second-order valence-electron chi connectivity index (χ2n) is 7.92. The molecule has 2 unspecified atom stereocenters. The third kappa shape index (κ3) is 3.16. The largest absolute Gasteiger partial charge is 0.508 e. The standard InChI is InChI=1S/C23H26N2O2S/c1-27-22-13-18(24-23(25-22)16-7-2-4-8-19(16)26)14-10-11-21-17(12-14)15-6-3-5-9-20(15)28-21/h4,8,10-11,13,17-18,26H,2-3,5-7,9,12H2,1H3,(H,24,25). The van der Waals surface area contributed by atoms with Crippen LogP contribution in [0.1, 0.15) is 44.9 Å². The van der Waals surface area contributed by atoms with Gasteiger partial charge >= 0.3 is 0 Å². The molecule has 0 aromatic carbocycles. The number of aliphatic hydroxyl groups is 1. The summed E-state index contributed by atoms with van der Waals surface area (Å²) in [4.78, 5) is 7.74. The summed E-state index contributed by atoms with van der Waals surface area (Å²) in [5, 5.41) is 13.9. The lowest BCUT2D eigenvalue weighted by atomic mass is 9.81. The molecule has 5 aliphatic rings. The Bertz CT molecular complexity index is 917. The fourth-order valence-electron chi connectivity index (χ4n) is 4.74. The number of hydrogen-bond acceptors (Lipinski definition) is 5. The summed E-state index contributed by atoms with van der Waals surface area (Å²) in [7, 11) is 1.66. The molecule has 0 amide bonds. The Kier molecular flexibility index (Phi) is 4.71. The minimum absolute atomic E-state index is 0.0460. The van der Waals surface area contributed by atoms with Gasteiger partial charge in [0.25, 0.3) is 0 Å². The van der Waals surface area contributed by atoms with Gasteiger partial charge in [-0.05, 0) is 66.4 Å². The average Bonchev–Trinajstić information content (AvgIpc) is 3.11. The first-order chi connectivity index (χ1) is 13.7. The zero-order valence-corrected chi connectivity index (χ0v) is 17.0. The van der Waals surface area contributed by atoms with Crippen LogP contribution >= 0.6 is 11.8 Å². The molecule has 2 aliphatic heterocycles. The summed E-state index contributed by atoms with van der Waals surface area (Å²) in [5.41, 5.74) is 3.92. The highest BCUT2D eigenvalue weighted by atomic mass is 32.2. The van der Waals surface area contributed by atoms with Gasteiger partial charge in [0.2, 0.25) is 5.88 Å². The first-order valence-corrected chi connectivity index (χ1v) is 11.0. The van der Waals surface area contributed by atoms with Crippen LogP contribution in [0.2, 0.25) is 0 Å². The topological polar surface area (TPSA) is 53.8 Å². The van der Waals surface area contributed by atoms with Crippen molar-refractivity contribution in [2.75, 3.05) is 7.11 Å². The van der Waals surface area contributed by atoms with E-state index in [4.69, 9.17) is 4.74 Å². The van der Waals surface area contributed by atoms with E-state index in [1.165, 1.54) is 36.2 Å². The predicted octanol–water partition coefficient (Wildman–Crippen LogP) is 5.41. The van der Waals surface area contributed by atoms with Crippen LogP contribution in [0.15, 0.2) is 73.5 Å². The highest BCUT2D eigenvalue weighted by Crippen LogP contribution is 2.54. The molecule has 146 valence electrons. The maximum Gasteiger partial charge on any atom is 0.213 e. The SMILES string of the molecule is COC1=CC(C2=CC=C3SC4=C(CCCC4)C3C2)NC(C2=C(O)C=CCC2)=N1. The molecule has 0 saturated heterocycles. The number of ether oxygens (including phenoxy) is 1. The van der Waals surface area contributed by atoms with Gasteiger partial charge < -0.3 is 15.2 Å².